The molecule has 0 aromatic carbocycles. The monoisotopic (exact) mass is 307 g/mol. The number of rotatable bonds is 8. The molecule has 0 saturated heterocycles. The summed E-state index contributed by atoms with van der Waals surface area (Å²) in [5, 5.41) is 0. The molecule has 0 aliphatic carbocycles. The molecule has 114 valence electrons. The Morgan fingerprint density at radius 3 is 1.90 bits per heavy atom. The number of nitrogens with zero attached hydrogens (tertiary/aromatic N) is 1. The second kappa shape index (κ2) is 7.72. The number of hydrogen-bond donors (Lipinski definition) is 0. The summed E-state index contributed by atoms with van der Waals surface area (Å²) in [6, 6.07) is 0. The van der Waals surface area contributed by atoms with Crippen molar-refractivity contribution in [1.29, 1.82) is 0 Å². The van der Waals surface area contributed by atoms with Crippen LogP contribution in [-0.2, 0) is 32.7 Å². The van der Waals surface area contributed by atoms with Gasteiger partial charge in [-0.15, -0.1) is 0 Å². The van der Waals surface area contributed by atoms with E-state index in [2.05, 4.69) is 22.6 Å². The van der Waals surface area contributed by atoms with Gasteiger partial charge in [-0.1, -0.05) is 0 Å². The Kier molecular flexibility index (Phi) is 7.02. The standard InChI is InChI=1S/C11H18NO7P/c1-7-17-11(14)9(3)19-20(15,12(4)5)18-8(2)10(13)16-6/h2-3,7H2,1,4-6H3. The predicted octanol–water partition coefficient (Wildman–Crippen LogP) is 1.45. The molecule has 0 amide bonds. The summed E-state index contributed by atoms with van der Waals surface area (Å²) in [7, 11) is -0.179. The first-order valence-electron chi connectivity index (χ1n) is 5.48. The van der Waals surface area contributed by atoms with Gasteiger partial charge in [0.1, 0.15) is 0 Å². The Morgan fingerprint density at radius 2 is 1.55 bits per heavy atom. The van der Waals surface area contributed by atoms with Gasteiger partial charge in [0.15, 0.2) is 0 Å². The number of ether oxygens (including phenoxy) is 2. The quantitative estimate of drug-likeness (QED) is 0.288. The minimum atomic E-state index is -4.02. The second-order valence-electron chi connectivity index (χ2n) is 3.56. The molecule has 1 unspecified atom stereocenters. The van der Waals surface area contributed by atoms with Gasteiger partial charge < -0.3 is 18.5 Å². The van der Waals surface area contributed by atoms with Crippen molar-refractivity contribution in [2.45, 2.75) is 6.92 Å². The van der Waals surface area contributed by atoms with Crippen LogP contribution in [0.4, 0.5) is 0 Å². The lowest BCUT2D eigenvalue weighted by Crippen LogP contribution is -2.18. The van der Waals surface area contributed by atoms with Crippen molar-refractivity contribution in [1.82, 2.24) is 4.67 Å². The molecule has 0 aromatic heterocycles. The number of methoxy groups -OCH3 is 1. The smallest absolute Gasteiger partial charge is 0.463 e. The minimum absolute atomic E-state index is 0.100. The molecule has 8 nitrogen and oxygen atoms in total. The first kappa shape index (κ1) is 18.2. The van der Waals surface area contributed by atoms with Crippen LogP contribution in [0.5, 0.6) is 0 Å². The Bertz CT molecular complexity index is 458. The van der Waals surface area contributed by atoms with E-state index in [1.165, 1.54) is 14.1 Å². The van der Waals surface area contributed by atoms with Crippen LogP contribution in [0.25, 0.3) is 0 Å². The third kappa shape index (κ3) is 5.07. The number of esters is 2. The molecular weight excluding hydrogens is 289 g/mol. The Morgan fingerprint density at radius 1 is 1.10 bits per heavy atom. The maximum atomic E-state index is 12.4. The lowest BCUT2D eigenvalue weighted by molar-refractivity contribution is -0.141. The van der Waals surface area contributed by atoms with Crippen molar-refractivity contribution in [2.24, 2.45) is 0 Å². The summed E-state index contributed by atoms with van der Waals surface area (Å²) in [5.41, 5.74) is 0. The molecule has 0 heterocycles. The van der Waals surface area contributed by atoms with Crippen LogP contribution in [0.2, 0.25) is 0 Å². The van der Waals surface area contributed by atoms with Crippen molar-refractivity contribution in [3.63, 3.8) is 0 Å². The summed E-state index contributed by atoms with van der Waals surface area (Å²) >= 11 is 0. The Labute approximate surface area is 117 Å². The van der Waals surface area contributed by atoms with E-state index in [0.29, 0.717) is 0 Å². The van der Waals surface area contributed by atoms with Gasteiger partial charge in [0.2, 0.25) is 11.5 Å². The van der Waals surface area contributed by atoms with Crippen molar-refractivity contribution in [3.8, 4) is 0 Å². The van der Waals surface area contributed by atoms with Gasteiger partial charge in [0.05, 0.1) is 13.7 Å². The normalized spacial score (nSPS) is 13.1. The van der Waals surface area contributed by atoms with Crippen LogP contribution in [0, 0.1) is 0 Å². The molecule has 0 saturated carbocycles. The lowest BCUT2D eigenvalue weighted by atomic mass is 10.6. The molecule has 0 aliphatic rings. The molecule has 0 rings (SSSR count). The molecule has 0 spiro atoms. The van der Waals surface area contributed by atoms with E-state index in [9.17, 15) is 14.2 Å². The molecule has 0 N–H and O–H groups in total. The van der Waals surface area contributed by atoms with E-state index < -0.39 is 31.2 Å². The summed E-state index contributed by atoms with van der Waals surface area (Å²) in [6.45, 7) is 8.24. The second-order valence-corrected chi connectivity index (χ2v) is 5.66. The van der Waals surface area contributed by atoms with Crippen LogP contribution in [0.1, 0.15) is 6.92 Å². The van der Waals surface area contributed by atoms with E-state index in [0.717, 1.165) is 11.8 Å². The van der Waals surface area contributed by atoms with Crippen LogP contribution in [-0.4, -0.2) is 44.4 Å². The summed E-state index contributed by atoms with van der Waals surface area (Å²) in [5.74, 6) is -2.85. The van der Waals surface area contributed by atoms with Gasteiger partial charge in [-0.05, 0) is 34.2 Å². The summed E-state index contributed by atoms with van der Waals surface area (Å²) in [6.07, 6.45) is 0. The van der Waals surface area contributed by atoms with Crippen LogP contribution in [0.15, 0.2) is 24.7 Å². The Hall–Kier alpha value is -1.79. The fraction of sp³-hybridized carbons (Fsp3) is 0.455. The molecule has 1 atom stereocenters. The lowest BCUT2D eigenvalue weighted by Gasteiger charge is -2.24. The maximum absolute atomic E-state index is 12.4. The number of carbonyl (C=O) groups excluding carboxylic acids is 2. The SMILES string of the molecule is C=C(OP(=O)(OC(=C)C(=O)OCC)N(C)C)C(=O)OC. The Balaban J connectivity index is 5.00. The molecule has 0 radical (unpaired) electrons. The highest BCUT2D eigenvalue weighted by Crippen LogP contribution is 2.53. The first-order chi connectivity index (χ1) is 9.17. The van der Waals surface area contributed by atoms with Gasteiger partial charge in [-0.3, -0.25) is 0 Å². The fourth-order valence-electron chi connectivity index (χ4n) is 0.860. The average Bonchev–Trinajstić information content (AvgIpc) is 2.37. The van der Waals surface area contributed by atoms with Gasteiger partial charge in [0, 0.05) is 0 Å². The molecule has 0 aliphatic heterocycles. The molecule has 0 fully saturated rings. The van der Waals surface area contributed by atoms with E-state index in [4.69, 9.17) is 9.05 Å². The number of carbonyl (C=O) groups is 2. The van der Waals surface area contributed by atoms with E-state index in [1.54, 1.807) is 6.92 Å². The third-order valence-electron chi connectivity index (χ3n) is 1.86. The zero-order valence-corrected chi connectivity index (χ0v) is 12.8. The number of hydrogen-bond acceptors (Lipinski definition) is 7. The van der Waals surface area contributed by atoms with Gasteiger partial charge >= 0.3 is 19.7 Å². The van der Waals surface area contributed by atoms with Crippen molar-refractivity contribution < 1.29 is 32.7 Å². The van der Waals surface area contributed by atoms with Gasteiger partial charge in [-0.25, -0.2) is 14.2 Å². The molecule has 20 heavy (non-hydrogen) atoms. The molecular formula is C11H18NO7P. The van der Waals surface area contributed by atoms with Gasteiger partial charge in [-0.2, -0.15) is 4.67 Å². The highest BCUT2D eigenvalue weighted by atomic mass is 31.2. The molecule has 0 bridgehead atoms. The van der Waals surface area contributed by atoms with E-state index >= 15 is 0 Å². The largest absolute Gasteiger partial charge is 0.515 e. The fourth-order valence-corrected chi connectivity index (χ4v) is 1.93. The zero-order chi connectivity index (χ0) is 15.9. The van der Waals surface area contributed by atoms with Crippen molar-refractivity contribution in [3.05, 3.63) is 24.7 Å². The van der Waals surface area contributed by atoms with Crippen molar-refractivity contribution >= 4 is 19.7 Å². The highest BCUT2D eigenvalue weighted by molar-refractivity contribution is 7.51. The summed E-state index contributed by atoms with van der Waals surface area (Å²) < 4.78 is 32.2. The van der Waals surface area contributed by atoms with E-state index in [1.807, 2.05) is 0 Å². The highest BCUT2D eigenvalue weighted by Gasteiger charge is 2.36. The van der Waals surface area contributed by atoms with Crippen LogP contribution in [0.3, 0.4) is 0 Å². The topological polar surface area (TPSA) is 91.4 Å². The van der Waals surface area contributed by atoms with Crippen LogP contribution >= 0.6 is 7.75 Å². The first-order valence-corrected chi connectivity index (χ1v) is 6.97. The van der Waals surface area contributed by atoms with E-state index in [-0.39, 0.29) is 6.61 Å². The maximum Gasteiger partial charge on any atom is 0.515 e. The molecule has 0 aromatic rings. The van der Waals surface area contributed by atoms with Crippen molar-refractivity contribution in [2.75, 3.05) is 27.8 Å². The predicted molar refractivity (Wildman–Crippen MR) is 70.4 cm³/mol. The third-order valence-corrected chi connectivity index (χ3v) is 3.74. The minimum Gasteiger partial charge on any atom is -0.463 e. The van der Waals surface area contributed by atoms with Gasteiger partial charge in [0.25, 0.3) is 0 Å². The van der Waals surface area contributed by atoms with Crippen LogP contribution < -0.4 is 0 Å². The average molecular weight is 307 g/mol. The molecule has 9 heteroatoms. The summed E-state index contributed by atoms with van der Waals surface area (Å²) in [4.78, 5) is 22.5. The zero-order valence-electron chi connectivity index (χ0n) is 11.9.